The Hall–Kier alpha value is -3.19. The average molecular weight is 1030 g/mol. The van der Waals surface area contributed by atoms with Crippen molar-refractivity contribution in [3.63, 3.8) is 0 Å². The van der Waals surface area contributed by atoms with Crippen LogP contribution in [0.1, 0.15) is 43.5 Å². The molecule has 0 spiro atoms. The quantitative estimate of drug-likeness (QED) is 0.0764. The van der Waals surface area contributed by atoms with Crippen LogP contribution in [0.3, 0.4) is 0 Å². The van der Waals surface area contributed by atoms with E-state index in [0.29, 0.717) is 6.42 Å². The van der Waals surface area contributed by atoms with E-state index in [-0.39, 0.29) is 17.2 Å². The average Bonchev–Trinajstić information content (AvgIpc) is 3.59. The first kappa shape index (κ1) is 55.6. The number of nitrogens with one attached hydrogen (secondary N) is 1. The number of aliphatic hydroxyl groups is 13. The van der Waals surface area contributed by atoms with Crippen LogP contribution >= 0.6 is 11.6 Å². The summed E-state index contributed by atoms with van der Waals surface area (Å²) in [6.07, 6.45) is -22.8. The summed E-state index contributed by atoms with van der Waals surface area (Å²) in [7, 11) is 2.14. The van der Waals surface area contributed by atoms with Gasteiger partial charge in [0.25, 0.3) is 5.56 Å². The Morgan fingerprint density at radius 2 is 1.32 bits per heavy atom. The molecule has 5 aliphatic rings. The number of aromatic nitrogens is 2. The van der Waals surface area contributed by atoms with Gasteiger partial charge in [0.2, 0.25) is 0 Å². The van der Waals surface area contributed by atoms with E-state index in [2.05, 4.69) is 17.3 Å². The summed E-state index contributed by atoms with van der Waals surface area (Å²) in [5.41, 5.74) is 2.14. The molecule has 0 saturated carbocycles. The van der Waals surface area contributed by atoms with Gasteiger partial charge < -0.3 is 100 Å². The standard InChI is InChI=1S/C25H43NO18.C22H24ClN3O/c1-6-11(26-8-2-7(3-27)12(30)15(33)13(8)31)14(32)19(37)24(40-6)43-22-10(5-29)42-25(20(38)17(22)35)44-21-9(4-28)41-23(39)18(36)16(21)34;1-25-13-4-5-18(12-14-25)26-22(27)20-7-3-2-6-19(20)21(24-26)15-16-8-10-17(23)11-9-16/h2,6,8-39H,3-5H2,1H3;2-3,6-11,18H,4-5,12-15H2,1H3/t6-,8+,9-,10-,11-,12-,13+,14+,15+,16-,17-,18-,19-,20-,21-,22-,23-,24-,25-;/m1./s1. The fraction of sp³-hybridized carbons (Fsp3) is 0.660. The molecular weight excluding hydrogens is 960 g/mol. The molecule has 20 atom stereocenters. The monoisotopic (exact) mass is 1030 g/mol. The number of fused-ring (bicyclic) bond motifs is 1. The van der Waals surface area contributed by atoms with Gasteiger partial charge in [-0.25, -0.2) is 4.68 Å². The van der Waals surface area contributed by atoms with Crippen molar-refractivity contribution in [2.75, 3.05) is 40.0 Å². The zero-order chi connectivity index (χ0) is 51.4. The highest BCUT2D eigenvalue weighted by atomic mass is 35.5. The van der Waals surface area contributed by atoms with Crippen molar-refractivity contribution in [1.29, 1.82) is 0 Å². The normalized spacial score (nSPS) is 39.3. The Labute approximate surface area is 413 Å². The molecular formula is C47H67ClN4O19. The Bertz CT molecular complexity index is 2280. The van der Waals surface area contributed by atoms with Gasteiger partial charge in [0.05, 0.1) is 55.1 Å². The van der Waals surface area contributed by atoms with Crippen molar-refractivity contribution in [2.45, 2.75) is 155 Å². The van der Waals surface area contributed by atoms with E-state index in [1.807, 2.05) is 48.5 Å². The Morgan fingerprint density at radius 3 is 1.97 bits per heavy atom. The number of hydrogen-bond acceptors (Lipinski definition) is 22. The van der Waals surface area contributed by atoms with Crippen molar-refractivity contribution < 1.29 is 90.1 Å². The van der Waals surface area contributed by atoms with Crippen molar-refractivity contribution in [3.8, 4) is 0 Å². The van der Waals surface area contributed by atoms with Gasteiger partial charge in [0, 0.05) is 16.8 Å². The van der Waals surface area contributed by atoms with E-state index in [1.165, 1.54) is 13.0 Å². The number of halogens is 1. The lowest BCUT2D eigenvalue weighted by atomic mass is 9.86. The maximum atomic E-state index is 13.1. The lowest BCUT2D eigenvalue weighted by molar-refractivity contribution is -0.373. The summed E-state index contributed by atoms with van der Waals surface area (Å²) in [5.74, 6) is 0. The fourth-order valence-corrected chi connectivity index (χ4v) is 9.85. The highest BCUT2D eigenvalue weighted by Crippen LogP contribution is 2.33. The van der Waals surface area contributed by atoms with Gasteiger partial charge in [-0.05, 0) is 75.7 Å². The molecule has 3 aromatic rings. The van der Waals surface area contributed by atoms with Crippen LogP contribution in [-0.4, -0.2) is 237 Å². The Balaban J connectivity index is 0.000000233. The predicted molar refractivity (Wildman–Crippen MR) is 248 cm³/mol. The van der Waals surface area contributed by atoms with Gasteiger partial charge in [-0.1, -0.05) is 48.0 Å². The highest BCUT2D eigenvalue weighted by Gasteiger charge is 2.53. The second-order valence-corrected chi connectivity index (χ2v) is 19.2. The highest BCUT2D eigenvalue weighted by molar-refractivity contribution is 6.30. The number of nitrogens with zero attached hydrogens (tertiary/aromatic N) is 3. The molecule has 396 valence electrons. The maximum Gasteiger partial charge on any atom is 0.274 e. The van der Waals surface area contributed by atoms with Crippen LogP contribution in [0, 0.1) is 0 Å². The smallest absolute Gasteiger partial charge is 0.274 e. The number of hydrogen-bond donors (Lipinski definition) is 14. The first-order valence-corrected chi connectivity index (χ1v) is 24.1. The molecule has 1 aliphatic carbocycles. The van der Waals surface area contributed by atoms with Crippen LogP contribution in [0.25, 0.3) is 10.8 Å². The largest absolute Gasteiger partial charge is 0.394 e. The third-order valence-electron chi connectivity index (χ3n) is 13.9. The summed E-state index contributed by atoms with van der Waals surface area (Å²) in [4.78, 5) is 15.5. The molecule has 24 heteroatoms. The number of ether oxygens (including phenoxy) is 5. The van der Waals surface area contributed by atoms with Crippen molar-refractivity contribution >= 4 is 22.4 Å². The number of aliphatic hydroxyl groups excluding tert-OH is 13. The van der Waals surface area contributed by atoms with Gasteiger partial charge in [0.1, 0.15) is 79.4 Å². The van der Waals surface area contributed by atoms with Crippen LogP contribution in [0.5, 0.6) is 0 Å². The molecule has 14 N–H and O–H groups in total. The van der Waals surface area contributed by atoms with Crippen LogP contribution in [0.2, 0.25) is 5.02 Å². The molecule has 2 aromatic carbocycles. The van der Waals surface area contributed by atoms with Gasteiger partial charge in [-0.15, -0.1) is 0 Å². The first-order chi connectivity index (χ1) is 33.9. The molecule has 1 unspecified atom stereocenters. The van der Waals surface area contributed by atoms with Gasteiger partial charge in [-0.2, -0.15) is 5.10 Å². The molecule has 4 aliphatic heterocycles. The SMILES string of the molecule is CN1CCCC(n2nc(Cc3ccc(Cl)cc3)c3ccccc3c2=O)CC1.C[C@H]1O[C@H](O[C@H]2[C@H](O)[C@@H](O)[C@@H](O[C@H]3[C@H](O)[C@@H](O)[C@H](O)O[C@@H]3CO)O[C@@H]2CO)[C@H](O)[C@@H](O)[C@@H]1N[C@H]1C=C(CO)[C@@H](O)[C@H](O)[C@H]1O. The number of rotatable bonds is 12. The minimum atomic E-state index is -1.93. The van der Waals surface area contributed by atoms with Crippen molar-refractivity contribution in [2.24, 2.45) is 0 Å². The van der Waals surface area contributed by atoms with Gasteiger partial charge in [0.15, 0.2) is 18.9 Å². The summed E-state index contributed by atoms with van der Waals surface area (Å²) in [6, 6.07) is 13.7. The summed E-state index contributed by atoms with van der Waals surface area (Å²) >= 11 is 6.02. The van der Waals surface area contributed by atoms with Crippen molar-refractivity contribution in [3.05, 3.63) is 86.8 Å². The molecule has 71 heavy (non-hydrogen) atoms. The molecule has 0 bridgehead atoms. The van der Waals surface area contributed by atoms with E-state index >= 15 is 0 Å². The van der Waals surface area contributed by atoms with Crippen LogP contribution in [-0.2, 0) is 30.1 Å². The number of likely N-dealkylation sites (tertiary alicyclic amines) is 1. The van der Waals surface area contributed by atoms with Gasteiger partial charge in [-0.3, -0.25) is 4.79 Å². The molecule has 0 radical (unpaired) electrons. The molecule has 4 fully saturated rings. The zero-order valence-electron chi connectivity index (χ0n) is 39.1. The topological polar surface area (TPSA) is 359 Å². The summed E-state index contributed by atoms with van der Waals surface area (Å²) < 4.78 is 29.1. The first-order valence-electron chi connectivity index (χ1n) is 23.7. The third kappa shape index (κ3) is 12.3. The second-order valence-electron chi connectivity index (χ2n) is 18.8. The van der Waals surface area contributed by atoms with E-state index in [9.17, 15) is 71.2 Å². The van der Waals surface area contributed by atoms with Crippen LogP contribution in [0.15, 0.2) is 65.0 Å². The molecule has 8 rings (SSSR count). The third-order valence-corrected chi connectivity index (χ3v) is 14.2. The predicted octanol–water partition coefficient (Wildman–Crippen LogP) is -4.27. The van der Waals surface area contributed by atoms with Crippen LogP contribution < -0.4 is 10.9 Å². The summed E-state index contributed by atoms with van der Waals surface area (Å²) in [5, 5.41) is 143. The molecule has 5 heterocycles. The van der Waals surface area contributed by atoms with E-state index in [0.717, 1.165) is 59.4 Å². The van der Waals surface area contributed by atoms with E-state index < -0.39 is 136 Å². The minimum absolute atomic E-state index is 0.0225. The van der Waals surface area contributed by atoms with Gasteiger partial charge >= 0.3 is 0 Å². The molecule has 4 saturated heterocycles. The lowest BCUT2D eigenvalue weighted by Gasteiger charge is -2.48. The Morgan fingerprint density at radius 1 is 0.718 bits per heavy atom. The lowest BCUT2D eigenvalue weighted by Crippen LogP contribution is -2.68. The number of benzene rings is 2. The minimum Gasteiger partial charge on any atom is -0.394 e. The fourth-order valence-electron chi connectivity index (χ4n) is 9.73. The van der Waals surface area contributed by atoms with Crippen LogP contribution in [0.4, 0.5) is 0 Å². The van der Waals surface area contributed by atoms with Crippen molar-refractivity contribution in [1.82, 2.24) is 20.0 Å². The van der Waals surface area contributed by atoms with E-state index in [1.54, 1.807) is 4.68 Å². The summed E-state index contributed by atoms with van der Waals surface area (Å²) in [6.45, 7) is 1.33. The molecule has 0 amide bonds. The Kier molecular flexibility index (Phi) is 19.1. The van der Waals surface area contributed by atoms with E-state index in [4.69, 9.17) is 40.4 Å². The molecule has 1 aromatic heterocycles. The maximum absolute atomic E-state index is 13.1. The molecule has 23 nitrogen and oxygen atoms in total. The second kappa shape index (κ2) is 24.4. The zero-order valence-corrected chi connectivity index (χ0v) is 39.8.